The highest BCUT2D eigenvalue weighted by atomic mass is 16.5. The lowest BCUT2D eigenvalue weighted by Crippen LogP contribution is -2.20. The highest BCUT2D eigenvalue weighted by molar-refractivity contribution is 5.81. The van der Waals surface area contributed by atoms with Gasteiger partial charge >= 0.3 is 0 Å². The summed E-state index contributed by atoms with van der Waals surface area (Å²) >= 11 is 0. The lowest BCUT2D eigenvalue weighted by Gasteiger charge is -2.17. The zero-order valence-corrected chi connectivity index (χ0v) is 10.1. The molecule has 0 N–H and O–H groups in total. The van der Waals surface area contributed by atoms with Crippen molar-refractivity contribution in [3.8, 4) is 0 Å². The van der Waals surface area contributed by atoms with Gasteiger partial charge in [0.25, 0.3) is 0 Å². The molecule has 0 aromatic heterocycles. The number of carbonyl (C=O) groups excluding carboxylic acids is 1. The lowest BCUT2D eigenvalue weighted by molar-refractivity contribution is -0.124. The van der Waals surface area contributed by atoms with Gasteiger partial charge in [-0.2, -0.15) is 0 Å². The number of methoxy groups -OCH3 is 1. The summed E-state index contributed by atoms with van der Waals surface area (Å²) in [5.41, 5.74) is 0. The maximum Gasteiger partial charge on any atom is 0.136 e. The fraction of sp³-hybridized carbons (Fsp3) is 0.923. The molecule has 2 nitrogen and oxygen atoms in total. The Bertz CT molecular complexity index is 189. The summed E-state index contributed by atoms with van der Waals surface area (Å²) in [7, 11) is 1.74. The Morgan fingerprint density at radius 2 is 2.20 bits per heavy atom. The van der Waals surface area contributed by atoms with Crippen LogP contribution in [0.25, 0.3) is 0 Å². The van der Waals surface area contributed by atoms with Crippen LogP contribution in [0.4, 0.5) is 0 Å². The molecule has 2 heteroatoms. The van der Waals surface area contributed by atoms with Crippen molar-refractivity contribution in [2.45, 2.75) is 51.9 Å². The minimum atomic E-state index is 0.353. The fourth-order valence-corrected chi connectivity index (χ4v) is 2.61. The standard InChI is InChI=1S/C13H24O2/c1-3-4-8-13(14)12-7-5-6-11(12)9-10-15-2/h11-12H,3-10H2,1-2H3. The van der Waals surface area contributed by atoms with E-state index in [-0.39, 0.29) is 0 Å². The summed E-state index contributed by atoms with van der Waals surface area (Å²) in [6.07, 6.45) is 7.64. The molecular formula is C13H24O2. The first-order chi connectivity index (χ1) is 7.29. The second kappa shape index (κ2) is 7.00. The number of ether oxygens (including phenoxy) is 1. The molecule has 2 unspecified atom stereocenters. The number of unbranched alkanes of at least 4 members (excludes halogenated alkanes) is 1. The Morgan fingerprint density at radius 3 is 2.87 bits per heavy atom. The van der Waals surface area contributed by atoms with Gasteiger partial charge in [0.2, 0.25) is 0 Å². The minimum absolute atomic E-state index is 0.353. The predicted octanol–water partition coefficient (Wildman–Crippen LogP) is 3.20. The van der Waals surface area contributed by atoms with Crippen LogP contribution in [-0.2, 0) is 9.53 Å². The van der Waals surface area contributed by atoms with Crippen molar-refractivity contribution in [3.63, 3.8) is 0 Å². The van der Waals surface area contributed by atoms with Gasteiger partial charge in [0.15, 0.2) is 0 Å². The normalized spacial score (nSPS) is 25.7. The minimum Gasteiger partial charge on any atom is -0.385 e. The van der Waals surface area contributed by atoms with Gasteiger partial charge in [-0.15, -0.1) is 0 Å². The van der Waals surface area contributed by atoms with Gasteiger partial charge in [0.05, 0.1) is 0 Å². The molecule has 0 heterocycles. The average Bonchev–Trinajstić information content (AvgIpc) is 2.71. The molecule has 0 bridgehead atoms. The first-order valence-corrected chi connectivity index (χ1v) is 6.31. The Kier molecular flexibility index (Phi) is 5.92. The molecule has 1 saturated carbocycles. The molecule has 1 rings (SSSR count). The van der Waals surface area contributed by atoms with Crippen LogP contribution in [0.2, 0.25) is 0 Å². The third-order valence-corrected chi connectivity index (χ3v) is 3.54. The third-order valence-electron chi connectivity index (χ3n) is 3.54. The predicted molar refractivity (Wildman–Crippen MR) is 61.9 cm³/mol. The molecule has 2 atom stereocenters. The van der Waals surface area contributed by atoms with E-state index in [9.17, 15) is 4.79 Å². The summed E-state index contributed by atoms with van der Waals surface area (Å²) in [5.74, 6) is 1.47. The van der Waals surface area contributed by atoms with E-state index in [1.807, 2.05) is 0 Å². The Morgan fingerprint density at radius 1 is 1.40 bits per heavy atom. The number of rotatable bonds is 7. The second-order valence-corrected chi connectivity index (χ2v) is 4.65. The van der Waals surface area contributed by atoms with Gasteiger partial charge in [-0.1, -0.05) is 19.8 Å². The van der Waals surface area contributed by atoms with E-state index in [1.165, 1.54) is 12.8 Å². The van der Waals surface area contributed by atoms with Crippen LogP contribution in [0, 0.1) is 11.8 Å². The summed E-state index contributed by atoms with van der Waals surface area (Å²) in [6.45, 7) is 2.95. The van der Waals surface area contributed by atoms with Gasteiger partial charge in [0.1, 0.15) is 5.78 Å². The van der Waals surface area contributed by atoms with Crippen LogP contribution in [0.15, 0.2) is 0 Å². The van der Waals surface area contributed by atoms with Gasteiger partial charge in [0, 0.05) is 26.1 Å². The molecular weight excluding hydrogens is 188 g/mol. The van der Waals surface area contributed by atoms with Crippen molar-refractivity contribution < 1.29 is 9.53 Å². The van der Waals surface area contributed by atoms with Crippen molar-refractivity contribution in [1.29, 1.82) is 0 Å². The molecule has 1 fully saturated rings. The number of hydrogen-bond acceptors (Lipinski definition) is 2. The molecule has 0 spiro atoms. The van der Waals surface area contributed by atoms with Gasteiger partial charge in [-0.05, 0) is 31.6 Å². The van der Waals surface area contributed by atoms with E-state index >= 15 is 0 Å². The molecule has 0 aromatic rings. The molecule has 0 aromatic carbocycles. The van der Waals surface area contributed by atoms with E-state index in [0.29, 0.717) is 17.6 Å². The topological polar surface area (TPSA) is 26.3 Å². The molecule has 0 saturated heterocycles. The first-order valence-electron chi connectivity index (χ1n) is 6.31. The molecule has 0 radical (unpaired) electrons. The maximum absolute atomic E-state index is 11.9. The van der Waals surface area contributed by atoms with Gasteiger partial charge < -0.3 is 4.74 Å². The van der Waals surface area contributed by atoms with Crippen LogP contribution < -0.4 is 0 Å². The second-order valence-electron chi connectivity index (χ2n) is 4.65. The maximum atomic E-state index is 11.9. The molecule has 88 valence electrons. The van der Waals surface area contributed by atoms with Crippen molar-refractivity contribution >= 4 is 5.78 Å². The van der Waals surface area contributed by atoms with Crippen molar-refractivity contribution in [3.05, 3.63) is 0 Å². The van der Waals surface area contributed by atoms with Crippen molar-refractivity contribution in [2.75, 3.05) is 13.7 Å². The zero-order chi connectivity index (χ0) is 11.1. The highest BCUT2D eigenvalue weighted by Gasteiger charge is 2.31. The van der Waals surface area contributed by atoms with Crippen LogP contribution in [0.1, 0.15) is 51.9 Å². The summed E-state index contributed by atoms with van der Waals surface area (Å²) in [4.78, 5) is 11.9. The highest BCUT2D eigenvalue weighted by Crippen LogP contribution is 2.35. The summed E-state index contributed by atoms with van der Waals surface area (Å²) in [5, 5.41) is 0. The largest absolute Gasteiger partial charge is 0.385 e. The quantitative estimate of drug-likeness (QED) is 0.648. The average molecular weight is 212 g/mol. The van der Waals surface area contributed by atoms with Crippen molar-refractivity contribution in [1.82, 2.24) is 0 Å². The molecule has 1 aliphatic carbocycles. The van der Waals surface area contributed by atoms with E-state index in [0.717, 1.165) is 38.7 Å². The Balaban J connectivity index is 2.34. The van der Waals surface area contributed by atoms with Gasteiger partial charge in [-0.3, -0.25) is 4.79 Å². The SMILES string of the molecule is CCCCC(=O)C1CCCC1CCOC. The summed E-state index contributed by atoms with van der Waals surface area (Å²) < 4.78 is 5.10. The van der Waals surface area contributed by atoms with E-state index in [4.69, 9.17) is 4.74 Å². The summed E-state index contributed by atoms with van der Waals surface area (Å²) in [6, 6.07) is 0. The smallest absolute Gasteiger partial charge is 0.136 e. The van der Waals surface area contributed by atoms with E-state index in [2.05, 4.69) is 6.92 Å². The molecule has 0 aliphatic heterocycles. The van der Waals surface area contributed by atoms with Crippen molar-refractivity contribution in [2.24, 2.45) is 11.8 Å². The van der Waals surface area contributed by atoms with Gasteiger partial charge in [-0.25, -0.2) is 0 Å². The molecule has 1 aliphatic rings. The Hall–Kier alpha value is -0.370. The first kappa shape index (κ1) is 12.7. The number of hydrogen-bond donors (Lipinski definition) is 0. The van der Waals surface area contributed by atoms with E-state index < -0.39 is 0 Å². The fourth-order valence-electron chi connectivity index (χ4n) is 2.61. The lowest BCUT2D eigenvalue weighted by atomic mass is 9.87. The third kappa shape index (κ3) is 3.94. The van der Waals surface area contributed by atoms with Crippen LogP contribution in [0.3, 0.4) is 0 Å². The Labute approximate surface area is 93.4 Å². The van der Waals surface area contributed by atoms with Crippen LogP contribution >= 0.6 is 0 Å². The number of Topliss-reactive ketones (excluding diaryl/α,β-unsaturated/α-hetero) is 1. The molecule has 15 heavy (non-hydrogen) atoms. The molecule has 0 amide bonds. The van der Waals surface area contributed by atoms with Crippen LogP contribution in [0.5, 0.6) is 0 Å². The number of carbonyl (C=O) groups is 1. The number of ketones is 1. The zero-order valence-electron chi connectivity index (χ0n) is 10.1. The van der Waals surface area contributed by atoms with E-state index in [1.54, 1.807) is 7.11 Å². The monoisotopic (exact) mass is 212 g/mol. The van der Waals surface area contributed by atoms with Crippen LogP contribution in [-0.4, -0.2) is 19.5 Å².